The number of fused-ring (bicyclic) bond motifs is 1. The third-order valence-electron chi connectivity index (χ3n) is 2.41. The van der Waals surface area contributed by atoms with E-state index in [2.05, 4.69) is 0 Å². The molecule has 4 nitrogen and oxygen atoms in total. The van der Waals surface area contributed by atoms with Crippen molar-refractivity contribution in [2.75, 3.05) is 0 Å². The second-order valence-corrected chi connectivity index (χ2v) is 5.65. The van der Waals surface area contributed by atoms with Crippen molar-refractivity contribution < 1.29 is 18.3 Å². The molecule has 0 saturated heterocycles. The number of benzene rings is 1. The molecule has 1 aliphatic heterocycles. The van der Waals surface area contributed by atoms with Gasteiger partial charge in [0.25, 0.3) is 0 Å². The number of phenols is 1. The Hall–Kier alpha value is -1.62. The fourth-order valence-electron chi connectivity index (χ4n) is 1.68. The lowest BCUT2D eigenvalue weighted by molar-refractivity contribution is -0.116. The molecule has 5 heteroatoms. The van der Waals surface area contributed by atoms with Gasteiger partial charge in [-0.15, -0.1) is 0 Å². The van der Waals surface area contributed by atoms with E-state index in [0.717, 1.165) is 0 Å². The maximum absolute atomic E-state index is 11.9. The topological polar surface area (TPSA) is 71.4 Å². The van der Waals surface area contributed by atoms with Crippen molar-refractivity contribution in [1.29, 1.82) is 0 Å². The van der Waals surface area contributed by atoms with E-state index in [1.54, 1.807) is 0 Å². The number of phenolic OH excluding ortho intramolecular Hbond substituents is 1. The second kappa shape index (κ2) is 3.45. The molecule has 0 saturated carbocycles. The van der Waals surface area contributed by atoms with Crippen LogP contribution in [0.3, 0.4) is 0 Å². The van der Waals surface area contributed by atoms with Gasteiger partial charge in [0.05, 0.1) is 9.80 Å². The van der Waals surface area contributed by atoms with Gasteiger partial charge in [-0.05, 0) is 25.1 Å². The summed E-state index contributed by atoms with van der Waals surface area (Å²) in [6.45, 7) is 1.33. The third-order valence-corrected chi connectivity index (χ3v) is 4.29. The fraction of sp³-hybridized carbons (Fsp3) is 0.182. The Morgan fingerprint density at radius 1 is 1.38 bits per heavy atom. The van der Waals surface area contributed by atoms with Gasteiger partial charge >= 0.3 is 0 Å². The van der Waals surface area contributed by atoms with Crippen molar-refractivity contribution >= 4 is 21.7 Å². The van der Waals surface area contributed by atoms with Crippen molar-refractivity contribution in [3.05, 3.63) is 28.7 Å². The minimum atomic E-state index is -3.58. The van der Waals surface area contributed by atoms with Gasteiger partial charge < -0.3 is 5.11 Å². The van der Waals surface area contributed by atoms with E-state index in [0.29, 0.717) is 0 Å². The molecule has 0 bridgehead atoms. The molecule has 16 heavy (non-hydrogen) atoms. The van der Waals surface area contributed by atoms with Crippen molar-refractivity contribution in [2.24, 2.45) is 0 Å². The normalized spacial score (nSPS) is 16.7. The summed E-state index contributed by atoms with van der Waals surface area (Å²) in [6, 6.07) is 4.31. The number of hydrogen-bond acceptors (Lipinski definition) is 4. The van der Waals surface area contributed by atoms with Gasteiger partial charge in [-0.3, -0.25) is 4.79 Å². The van der Waals surface area contributed by atoms with Gasteiger partial charge in [-0.25, -0.2) is 8.42 Å². The average Bonchev–Trinajstić information content (AvgIpc) is 2.41. The van der Waals surface area contributed by atoms with Crippen LogP contribution < -0.4 is 0 Å². The van der Waals surface area contributed by atoms with Crippen molar-refractivity contribution in [3.63, 3.8) is 0 Å². The average molecular weight is 238 g/mol. The van der Waals surface area contributed by atoms with E-state index in [-0.39, 0.29) is 33.3 Å². The summed E-state index contributed by atoms with van der Waals surface area (Å²) in [5.41, 5.74) is 0.277. The Balaban J connectivity index is 2.61. The van der Waals surface area contributed by atoms with Gasteiger partial charge in [-0.1, -0.05) is 6.07 Å². The molecule has 0 unspecified atom stereocenters. The van der Waals surface area contributed by atoms with Crippen molar-refractivity contribution in [2.45, 2.75) is 18.2 Å². The monoisotopic (exact) mass is 238 g/mol. The lowest BCUT2D eigenvalue weighted by Crippen LogP contribution is -2.04. The Morgan fingerprint density at radius 3 is 2.62 bits per heavy atom. The molecule has 1 N–H and O–H groups in total. The first-order valence-electron chi connectivity index (χ1n) is 4.70. The molecule has 2 rings (SSSR count). The zero-order chi connectivity index (χ0) is 11.9. The molecule has 0 atom stereocenters. The summed E-state index contributed by atoms with van der Waals surface area (Å²) in [5.74, 6) is -0.304. The van der Waals surface area contributed by atoms with Gasteiger partial charge in [0, 0.05) is 12.0 Å². The van der Waals surface area contributed by atoms with Crippen molar-refractivity contribution in [1.82, 2.24) is 0 Å². The Kier molecular flexibility index (Phi) is 2.35. The number of aromatic hydroxyl groups is 1. The second-order valence-electron chi connectivity index (χ2n) is 3.68. The minimum Gasteiger partial charge on any atom is -0.507 e. The quantitative estimate of drug-likeness (QED) is 0.847. The number of carbonyl (C=O) groups is 1. The van der Waals surface area contributed by atoms with E-state index < -0.39 is 9.84 Å². The van der Waals surface area contributed by atoms with Crippen LogP contribution in [0, 0.1) is 0 Å². The summed E-state index contributed by atoms with van der Waals surface area (Å²) in [4.78, 5) is 11.1. The predicted molar refractivity (Wildman–Crippen MR) is 58.6 cm³/mol. The van der Waals surface area contributed by atoms with Crippen LogP contribution in [0.2, 0.25) is 0 Å². The highest BCUT2D eigenvalue weighted by Gasteiger charge is 2.31. The van der Waals surface area contributed by atoms with E-state index in [4.69, 9.17) is 0 Å². The maximum atomic E-state index is 11.9. The van der Waals surface area contributed by atoms with Gasteiger partial charge in [0.15, 0.2) is 0 Å². The highest BCUT2D eigenvalue weighted by molar-refractivity contribution is 7.95. The lowest BCUT2D eigenvalue weighted by atomic mass is 10.1. The number of ketones is 1. The summed E-state index contributed by atoms with van der Waals surface area (Å²) >= 11 is 0. The molecule has 0 fully saturated rings. The van der Waals surface area contributed by atoms with E-state index in [1.165, 1.54) is 31.2 Å². The molecule has 0 spiro atoms. The Morgan fingerprint density at radius 2 is 2.06 bits per heavy atom. The summed E-state index contributed by atoms with van der Waals surface area (Å²) in [7, 11) is -3.58. The summed E-state index contributed by atoms with van der Waals surface area (Å²) < 4.78 is 23.9. The van der Waals surface area contributed by atoms with E-state index >= 15 is 0 Å². The summed E-state index contributed by atoms with van der Waals surface area (Å²) in [6.07, 6.45) is 1.23. The SMILES string of the molecule is CC(=O)CC1=Cc2c(O)cccc2S1(=O)=O. The number of Topliss-reactive ketones (excluding diaryl/α,β-unsaturated/α-hetero) is 1. The molecule has 0 amide bonds. The van der Waals surface area contributed by atoms with Gasteiger partial charge in [0.2, 0.25) is 9.84 Å². The van der Waals surface area contributed by atoms with Gasteiger partial charge in [0.1, 0.15) is 11.5 Å². The first-order valence-corrected chi connectivity index (χ1v) is 6.18. The van der Waals surface area contributed by atoms with Crippen LogP contribution in [0.1, 0.15) is 18.9 Å². The number of rotatable bonds is 2. The third kappa shape index (κ3) is 1.53. The molecule has 1 aliphatic rings. The number of carbonyl (C=O) groups excluding carboxylic acids is 1. The van der Waals surface area contributed by atoms with Crippen LogP contribution in [0.15, 0.2) is 28.0 Å². The van der Waals surface area contributed by atoms with E-state index in [1.807, 2.05) is 0 Å². The molecular formula is C11H10O4S. The lowest BCUT2D eigenvalue weighted by Gasteiger charge is -2.01. The molecule has 1 aromatic rings. The maximum Gasteiger partial charge on any atom is 0.203 e. The molecule has 1 aromatic carbocycles. The highest BCUT2D eigenvalue weighted by atomic mass is 32.2. The van der Waals surface area contributed by atoms with Crippen LogP contribution in [0.5, 0.6) is 5.75 Å². The number of sulfone groups is 1. The molecule has 0 aromatic heterocycles. The zero-order valence-electron chi connectivity index (χ0n) is 8.60. The number of allylic oxidation sites excluding steroid dienone is 1. The summed E-state index contributed by atoms with van der Waals surface area (Å²) in [5, 5.41) is 9.52. The smallest absolute Gasteiger partial charge is 0.203 e. The first-order chi connectivity index (χ1) is 7.43. The van der Waals surface area contributed by atoms with Crippen LogP contribution >= 0.6 is 0 Å². The predicted octanol–water partition coefficient (Wildman–Crippen LogP) is 1.50. The molecule has 1 heterocycles. The van der Waals surface area contributed by atoms with Crippen molar-refractivity contribution in [3.8, 4) is 5.75 Å². The molecular weight excluding hydrogens is 228 g/mol. The van der Waals surface area contributed by atoms with E-state index in [9.17, 15) is 18.3 Å². The minimum absolute atomic E-state index is 0.0523. The van der Waals surface area contributed by atoms with Crippen LogP contribution in [-0.4, -0.2) is 19.3 Å². The zero-order valence-corrected chi connectivity index (χ0v) is 9.41. The number of hydrogen-bond donors (Lipinski definition) is 1. The highest BCUT2D eigenvalue weighted by Crippen LogP contribution is 2.38. The standard InChI is InChI=1S/C11H10O4S/c1-7(12)5-8-6-9-10(13)3-2-4-11(9)16(8,14)15/h2-4,6,13H,5H2,1H3. The first kappa shape index (κ1) is 10.9. The van der Waals surface area contributed by atoms with Crippen LogP contribution in [0.25, 0.3) is 6.08 Å². The van der Waals surface area contributed by atoms with Crippen LogP contribution in [-0.2, 0) is 14.6 Å². The Bertz CT molecular complexity index is 596. The molecule has 0 aliphatic carbocycles. The van der Waals surface area contributed by atoms with Gasteiger partial charge in [-0.2, -0.15) is 0 Å². The Labute approximate surface area is 93.1 Å². The fourth-order valence-corrected chi connectivity index (χ4v) is 3.34. The largest absolute Gasteiger partial charge is 0.507 e. The molecule has 84 valence electrons. The molecule has 0 radical (unpaired) electrons. The van der Waals surface area contributed by atoms with Crippen LogP contribution in [0.4, 0.5) is 0 Å².